The molecule has 126 valence electrons. The number of ketones is 1. The molecular weight excluding hydrogens is 312 g/mol. The van der Waals surface area contributed by atoms with E-state index in [-0.39, 0.29) is 12.3 Å². The van der Waals surface area contributed by atoms with E-state index in [1.807, 2.05) is 30.3 Å². The Bertz CT molecular complexity index is 685. The number of urea groups is 1. The zero-order chi connectivity index (χ0) is 17.5. The molecule has 1 aromatic carbocycles. The molecule has 0 aliphatic carbocycles. The van der Waals surface area contributed by atoms with Crippen LogP contribution in [0.3, 0.4) is 0 Å². The van der Waals surface area contributed by atoms with Crippen molar-refractivity contribution < 1.29 is 19.1 Å². The molecule has 0 radical (unpaired) electrons. The van der Waals surface area contributed by atoms with Crippen molar-refractivity contribution >= 4 is 23.9 Å². The molecule has 2 rings (SSSR count). The van der Waals surface area contributed by atoms with Gasteiger partial charge in [0.25, 0.3) is 5.91 Å². The maximum absolute atomic E-state index is 12.0. The van der Waals surface area contributed by atoms with Crippen molar-refractivity contribution in [2.75, 3.05) is 6.54 Å². The highest BCUT2D eigenvalue weighted by atomic mass is 16.5. The van der Waals surface area contributed by atoms with Crippen LogP contribution in [-0.2, 0) is 20.9 Å². The Kier molecular flexibility index (Phi) is 5.94. The summed E-state index contributed by atoms with van der Waals surface area (Å²) >= 11 is 0. The maximum atomic E-state index is 12.0. The quantitative estimate of drug-likeness (QED) is 0.465. The first-order valence-electron chi connectivity index (χ1n) is 7.35. The van der Waals surface area contributed by atoms with Gasteiger partial charge in [0.05, 0.1) is 6.61 Å². The van der Waals surface area contributed by atoms with Crippen LogP contribution >= 0.6 is 0 Å². The third-order valence-corrected chi connectivity index (χ3v) is 3.17. The number of nitrogens with two attached hydrogens (primary N) is 1. The molecule has 0 fully saturated rings. The summed E-state index contributed by atoms with van der Waals surface area (Å²) in [5.74, 6) is 4.10. The molecule has 1 heterocycles. The van der Waals surface area contributed by atoms with Gasteiger partial charge in [-0.1, -0.05) is 30.3 Å². The molecule has 24 heavy (non-hydrogen) atoms. The first-order chi connectivity index (χ1) is 11.5. The van der Waals surface area contributed by atoms with Crippen LogP contribution in [0.5, 0.6) is 0 Å². The normalized spacial score (nSPS) is 16.5. The number of hydrogen-bond donors (Lipinski definition) is 2. The van der Waals surface area contributed by atoms with Crippen molar-refractivity contribution in [1.29, 1.82) is 0 Å². The number of nitrogens with one attached hydrogen (secondary N) is 1. The van der Waals surface area contributed by atoms with Gasteiger partial charge in [0.15, 0.2) is 11.9 Å². The molecule has 8 nitrogen and oxygen atoms in total. The van der Waals surface area contributed by atoms with Gasteiger partial charge < -0.3 is 10.1 Å². The lowest BCUT2D eigenvalue weighted by atomic mass is 10.1. The SMILES string of the molecule is CCNC(=O)N(N)C(=O)C1=CC(=O)C(OCc2ccccc2)C=N1. The van der Waals surface area contributed by atoms with E-state index in [1.165, 1.54) is 6.21 Å². The Hall–Kier alpha value is -2.84. The van der Waals surface area contributed by atoms with Crippen molar-refractivity contribution in [3.8, 4) is 0 Å². The molecule has 1 aromatic rings. The number of benzene rings is 1. The molecule has 0 bridgehead atoms. The van der Waals surface area contributed by atoms with Gasteiger partial charge in [-0.15, -0.1) is 0 Å². The Balaban J connectivity index is 1.95. The summed E-state index contributed by atoms with van der Waals surface area (Å²) in [6.07, 6.45) is 1.37. The average Bonchev–Trinajstić information content (AvgIpc) is 2.60. The van der Waals surface area contributed by atoms with Gasteiger partial charge in [-0.3, -0.25) is 14.6 Å². The fraction of sp³-hybridized carbons (Fsp3) is 0.250. The number of hydrogen-bond acceptors (Lipinski definition) is 6. The second-order valence-electron chi connectivity index (χ2n) is 4.94. The fourth-order valence-electron chi connectivity index (χ4n) is 1.93. The number of rotatable bonds is 5. The molecule has 0 aromatic heterocycles. The van der Waals surface area contributed by atoms with E-state index in [4.69, 9.17) is 10.6 Å². The van der Waals surface area contributed by atoms with Crippen LogP contribution in [0.1, 0.15) is 12.5 Å². The van der Waals surface area contributed by atoms with E-state index in [9.17, 15) is 14.4 Å². The van der Waals surface area contributed by atoms with Gasteiger partial charge in [0.1, 0.15) is 5.70 Å². The van der Waals surface area contributed by atoms with Gasteiger partial charge in [0.2, 0.25) is 0 Å². The zero-order valence-corrected chi connectivity index (χ0v) is 13.1. The number of carbonyl (C=O) groups is 3. The lowest BCUT2D eigenvalue weighted by Gasteiger charge is -2.18. The molecule has 8 heteroatoms. The predicted octanol–water partition coefficient (Wildman–Crippen LogP) is 0.541. The predicted molar refractivity (Wildman–Crippen MR) is 86.7 cm³/mol. The number of amides is 3. The van der Waals surface area contributed by atoms with Crippen molar-refractivity contribution in [2.24, 2.45) is 10.8 Å². The molecule has 1 aliphatic rings. The Labute approximate surface area is 138 Å². The highest BCUT2D eigenvalue weighted by Gasteiger charge is 2.27. The molecule has 1 atom stereocenters. The minimum atomic E-state index is -0.877. The van der Waals surface area contributed by atoms with Crippen molar-refractivity contribution in [1.82, 2.24) is 10.3 Å². The number of carbonyl (C=O) groups excluding carboxylic acids is 3. The third kappa shape index (κ3) is 4.34. The van der Waals surface area contributed by atoms with Crippen molar-refractivity contribution in [3.63, 3.8) is 0 Å². The van der Waals surface area contributed by atoms with Crippen LogP contribution in [-0.4, -0.2) is 41.6 Å². The summed E-state index contributed by atoms with van der Waals surface area (Å²) in [7, 11) is 0. The minimum absolute atomic E-state index is 0.215. The van der Waals surface area contributed by atoms with Gasteiger partial charge in [-0.2, -0.15) is 5.01 Å². The molecule has 3 amide bonds. The zero-order valence-electron chi connectivity index (χ0n) is 13.1. The standard InChI is InChI=1S/C16H18N4O4/c1-2-18-16(23)20(17)15(22)12-8-13(21)14(9-19-12)24-10-11-6-4-3-5-7-11/h3-9,14H,2,10,17H2,1H3,(H,18,23). The molecule has 1 aliphatic heterocycles. The molecule has 1 unspecified atom stereocenters. The van der Waals surface area contributed by atoms with E-state index in [2.05, 4.69) is 10.3 Å². The topological polar surface area (TPSA) is 114 Å². The summed E-state index contributed by atoms with van der Waals surface area (Å²) in [5.41, 5.74) is 0.697. The van der Waals surface area contributed by atoms with Crippen molar-refractivity contribution in [2.45, 2.75) is 19.6 Å². The summed E-state index contributed by atoms with van der Waals surface area (Å²) in [6, 6.07) is 8.58. The summed E-state index contributed by atoms with van der Waals surface area (Å²) in [6.45, 7) is 2.24. The second-order valence-corrected chi connectivity index (χ2v) is 4.94. The van der Waals surface area contributed by atoms with Crippen LogP contribution in [0.25, 0.3) is 0 Å². The summed E-state index contributed by atoms with van der Waals surface area (Å²) in [5, 5.41) is 2.76. The van der Waals surface area contributed by atoms with E-state index in [0.717, 1.165) is 11.6 Å². The summed E-state index contributed by atoms with van der Waals surface area (Å²) in [4.78, 5) is 39.4. The smallest absolute Gasteiger partial charge is 0.339 e. The average molecular weight is 330 g/mol. The van der Waals surface area contributed by atoms with E-state index in [1.54, 1.807) is 6.92 Å². The highest BCUT2D eigenvalue weighted by Crippen LogP contribution is 2.11. The number of imide groups is 1. The maximum Gasteiger partial charge on any atom is 0.339 e. The van der Waals surface area contributed by atoms with E-state index in [0.29, 0.717) is 11.6 Å². The number of ether oxygens (including phenoxy) is 1. The van der Waals surface area contributed by atoms with Crippen molar-refractivity contribution in [3.05, 3.63) is 47.7 Å². The molecule has 0 saturated carbocycles. The lowest BCUT2D eigenvalue weighted by molar-refractivity contribution is -0.126. The number of nitrogens with zero attached hydrogens (tertiary/aromatic N) is 2. The summed E-state index contributed by atoms with van der Waals surface area (Å²) < 4.78 is 5.48. The Morgan fingerprint density at radius 3 is 2.67 bits per heavy atom. The van der Waals surface area contributed by atoms with E-state index < -0.39 is 23.8 Å². The van der Waals surface area contributed by atoms with Crippen LogP contribution in [0.2, 0.25) is 0 Å². The fourth-order valence-corrected chi connectivity index (χ4v) is 1.93. The Morgan fingerprint density at radius 2 is 2.04 bits per heavy atom. The molecular formula is C16H18N4O4. The molecule has 0 saturated heterocycles. The van der Waals surface area contributed by atoms with Crippen LogP contribution in [0.15, 0.2) is 47.1 Å². The molecule has 3 N–H and O–H groups in total. The van der Waals surface area contributed by atoms with Gasteiger partial charge in [-0.05, 0) is 12.5 Å². The van der Waals surface area contributed by atoms with Crippen LogP contribution < -0.4 is 11.2 Å². The molecule has 0 spiro atoms. The van der Waals surface area contributed by atoms with Gasteiger partial charge in [-0.25, -0.2) is 10.6 Å². The van der Waals surface area contributed by atoms with Gasteiger partial charge in [0, 0.05) is 18.8 Å². The van der Waals surface area contributed by atoms with Gasteiger partial charge >= 0.3 is 6.03 Å². The number of aliphatic imine (C=N–C) groups is 1. The first-order valence-corrected chi connectivity index (χ1v) is 7.35. The Morgan fingerprint density at radius 1 is 1.33 bits per heavy atom. The largest absolute Gasteiger partial charge is 0.360 e. The van der Waals surface area contributed by atoms with E-state index >= 15 is 0 Å². The lowest BCUT2D eigenvalue weighted by Crippen LogP contribution is -2.49. The highest BCUT2D eigenvalue weighted by molar-refractivity contribution is 6.14. The second kappa shape index (κ2) is 8.14. The number of hydrazine groups is 1. The van der Waals surface area contributed by atoms with Crippen LogP contribution in [0.4, 0.5) is 4.79 Å². The minimum Gasteiger partial charge on any atom is -0.360 e. The van der Waals surface area contributed by atoms with Crippen LogP contribution in [0, 0.1) is 0 Å². The third-order valence-electron chi connectivity index (χ3n) is 3.17. The monoisotopic (exact) mass is 330 g/mol. The first kappa shape index (κ1) is 17.5.